The molecule has 1 aromatic carbocycles. The van der Waals surface area contributed by atoms with E-state index in [0.717, 1.165) is 16.9 Å². The summed E-state index contributed by atoms with van der Waals surface area (Å²) in [5, 5.41) is 18.7. The van der Waals surface area contributed by atoms with Gasteiger partial charge in [-0.15, -0.1) is 0 Å². The monoisotopic (exact) mass is 368 g/mol. The zero-order valence-electron chi connectivity index (χ0n) is 13.8. The summed E-state index contributed by atoms with van der Waals surface area (Å²) in [6, 6.07) is 6.47. The van der Waals surface area contributed by atoms with Gasteiger partial charge in [-0.3, -0.25) is 0 Å². The van der Waals surface area contributed by atoms with Crippen molar-refractivity contribution in [1.82, 2.24) is 15.1 Å². The summed E-state index contributed by atoms with van der Waals surface area (Å²) in [5.41, 5.74) is -0.159. The molecule has 1 aliphatic carbocycles. The zero-order valence-corrected chi connectivity index (χ0v) is 13.8. The Kier molecular flexibility index (Phi) is 5.17. The smallest absolute Gasteiger partial charge is 0.393 e. The van der Waals surface area contributed by atoms with Crippen LogP contribution in [0.5, 0.6) is 0 Å². The topological polar surface area (TPSA) is 79.2 Å². The van der Waals surface area contributed by atoms with Crippen LogP contribution in [0.2, 0.25) is 0 Å². The first-order valence-corrected chi connectivity index (χ1v) is 8.30. The normalized spacial score (nSPS) is 20.6. The quantitative estimate of drug-likeness (QED) is 0.778. The van der Waals surface area contributed by atoms with E-state index >= 15 is 0 Å². The van der Waals surface area contributed by atoms with Crippen LogP contribution in [0.3, 0.4) is 0 Å². The van der Waals surface area contributed by atoms with Crippen molar-refractivity contribution in [2.24, 2.45) is 0 Å². The number of nitrogens with zero attached hydrogens (tertiary/aromatic N) is 2. The lowest BCUT2D eigenvalue weighted by Gasteiger charge is -2.26. The van der Waals surface area contributed by atoms with Gasteiger partial charge in [-0.25, -0.2) is 9.48 Å². The molecule has 1 saturated carbocycles. The maximum Gasteiger partial charge on any atom is 0.433 e. The summed E-state index contributed by atoms with van der Waals surface area (Å²) >= 11 is 0. The van der Waals surface area contributed by atoms with E-state index in [2.05, 4.69) is 15.7 Å². The van der Waals surface area contributed by atoms with Crippen LogP contribution in [-0.4, -0.2) is 33.1 Å². The third kappa shape index (κ3) is 4.34. The number of urea groups is 1. The first kappa shape index (κ1) is 18.2. The number of alkyl halides is 3. The molecule has 1 fully saturated rings. The molecule has 0 bridgehead atoms. The van der Waals surface area contributed by atoms with Gasteiger partial charge in [0, 0.05) is 11.7 Å². The molecule has 0 radical (unpaired) electrons. The van der Waals surface area contributed by atoms with Gasteiger partial charge < -0.3 is 15.7 Å². The number of amides is 2. The summed E-state index contributed by atoms with van der Waals surface area (Å²) in [5.74, 6) is 0. The van der Waals surface area contributed by atoms with E-state index in [1.54, 1.807) is 0 Å². The second-order valence-corrected chi connectivity index (χ2v) is 6.28. The average Bonchev–Trinajstić information content (AvgIpc) is 3.08. The number of aromatic nitrogens is 2. The molecule has 140 valence electrons. The molecule has 9 heteroatoms. The third-order valence-corrected chi connectivity index (χ3v) is 4.33. The van der Waals surface area contributed by atoms with Crippen molar-refractivity contribution in [3.63, 3.8) is 0 Å². The summed E-state index contributed by atoms with van der Waals surface area (Å²) in [6.45, 7) is 0. The second-order valence-electron chi connectivity index (χ2n) is 6.28. The van der Waals surface area contributed by atoms with Gasteiger partial charge in [0.15, 0.2) is 0 Å². The standard InChI is InChI=1S/C17H19F3N4O2/c18-17(19,20)15-9-10-21-24(15)13-5-1-11(2-6-13)22-16(26)23-12-3-7-14(25)8-4-12/h1-2,5-6,9-10,12,14,25H,3-4,7-8H2,(H2,22,23,26). The average molecular weight is 368 g/mol. The highest BCUT2D eigenvalue weighted by molar-refractivity contribution is 5.89. The van der Waals surface area contributed by atoms with E-state index in [4.69, 9.17) is 0 Å². The molecule has 0 atom stereocenters. The molecular formula is C17H19F3N4O2. The minimum absolute atomic E-state index is 0.0103. The molecule has 3 rings (SSSR count). The molecular weight excluding hydrogens is 349 g/mol. The number of hydrogen-bond donors (Lipinski definition) is 3. The Hall–Kier alpha value is -2.55. The Morgan fingerprint density at radius 2 is 1.77 bits per heavy atom. The number of aliphatic hydroxyl groups is 1. The third-order valence-electron chi connectivity index (χ3n) is 4.33. The number of nitrogens with one attached hydrogen (secondary N) is 2. The number of rotatable bonds is 3. The lowest BCUT2D eigenvalue weighted by atomic mass is 9.93. The Labute approximate surface area is 148 Å². The summed E-state index contributed by atoms with van der Waals surface area (Å²) in [7, 11) is 0. The van der Waals surface area contributed by atoms with E-state index in [1.807, 2.05) is 0 Å². The first-order valence-electron chi connectivity index (χ1n) is 8.30. The number of carbonyl (C=O) groups is 1. The van der Waals surface area contributed by atoms with Crippen LogP contribution in [0.1, 0.15) is 31.4 Å². The van der Waals surface area contributed by atoms with Gasteiger partial charge in [0.25, 0.3) is 0 Å². The minimum atomic E-state index is -4.50. The largest absolute Gasteiger partial charge is 0.433 e. The molecule has 1 heterocycles. The van der Waals surface area contributed by atoms with Crippen LogP contribution in [0.15, 0.2) is 36.5 Å². The van der Waals surface area contributed by atoms with Crippen LogP contribution in [0, 0.1) is 0 Å². The van der Waals surface area contributed by atoms with Crippen LogP contribution >= 0.6 is 0 Å². The van der Waals surface area contributed by atoms with Gasteiger partial charge in [0.1, 0.15) is 5.69 Å². The van der Waals surface area contributed by atoms with Crippen LogP contribution in [0.25, 0.3) is 5.69 Å². The van der Waals surface area contributed by atoms with E-state index in [0.29, 0.717) is 31.4 Å². The van der Waals surface area contributed by atoms with Gasteiger partial charge in [-0.05, 0) is 56.0 Å². The van der Waals surface area contributed by atoms with Gasteiger partial charge in [-0.1, -0.05) is 0 Å². The van der Waals surface area contributed by atoms with Gasteiger partial charge in [0.2, 0.25) is 0 Å². The van der Waals surface area contributed by atoms with Crippen molar-refractivity contribution in [3.05, 3.63) is 42.2 Å². The van der Waals surface area contributed by atoms with Crippen molar-refractivity contribution in [1.29, 1.82) is 0 Å². The molecule has 6 nitrogen and oxygen atoms in total. The Bertz CT molecular complexity index is 750. The minimum Gasteiger partial charge on any atom is -0.393 e. The number of aliphatic hydroxyl groups excluding tert-OH is 1. The molecule has 1 aliphatic rings. The maximum atomic E-state index is 12.9. The molecule has 1 aromatic heterocycles. The number of hydrogen-bond acceptors (Lipinski definition) is 3. The van der Waals surface area contributed by atoms with E-state index in [9.17, 15) is 23.1 Å². The van der Waals surface area contributed by atoms with Crippen LogP contribution in [0.4, 0.5) is 23.7 Å². The second kappa shape index (κ2) is 7.36. The lowest BCUT2D eigenvalue weighted by Crippen LogP contribution is -2.40. The van der Waals surface area contributed by atoms with Crippen molar-refractivity contribution in [3.8, 4) is 5.69 Å². The fourth-order valence-corrected chi connectivity index (χ4v) is 2.98. The molecule has 26 heavy (non-hydrogen) atoms. The summed E-state index contributed by atoms with van der Waals surface area (Å²) in [4.78, 5) is 12.0. The molecule has 0 spiro atoms. The molecule has 0 unspecified atom stereocenters. The number of benzene rings is 1. The van der Waals surface area contributed by atoms with Gasteiger partial charge in [0.05, 0.1) is 18.0 Å². The molecule has 0 saturated heterocycles. The van der Waals surface area contributed by atoms with Gasteiger partial charge >= 0.3 is 12.2 Å². The highest BCUT2D eigenvalue weighted by Crippen LogP contribution is 2.30. The van der Waals surface area contributed by atoms with E-state index < -0.39 is 11.9 Å². The van der Waals surface area contributed by atoms with Crippen LogP contribution < -0.4 is 10.6 Å². The van der Waals surface area contributed by atoms with Crippen molar-refractivity contribution in [2.75, 3.05) is 5.32 Å². The number of carbonyl (C=O) groups excluding carboxylic acids is 1. The highest BCUT2D eigenvalue weighted by atomic mass is 19.4. The fourth-order valence-electron chi connectivity index (χ4n) is 2.98. The van der Waals surface area contributed by atoms with Crippen molar-refractivity contribution in [2.45, 2.75) is 44.0 Å². The van der Waals surface area contributed by atoms with Crippen molar-refractivity contribution < 1.29 is 23.1 Å². The Morgan fingerprint density at radius 3 is 2.38 bits per heavy atom. The number of anilines is 1. The molecule has 3 N–H and O–H groups in total. The SMILES string of the molecule is O=C(Nc1ccc(-n2nccc2C(F)(F)F)cc1)NC1CCC(O)CC1. The Morgan fingerprint density at radius 1 is 1.12 bits per heavy atom. The van der Waals surface area contributed by atoms with E-state index in [1.165, 1.54) is 24.3 Å². The summed E-state index contributed by atoms with van der Waals surface area (Å²) < 4.78 is 39.6. The first-order chi connectivity index (χ1) is 12.3. The fraction of sp³-hybridized carbons (Fsp3) is 0.412. The predicted molar refractivity (Wildman–Crippen MR) is 89.0 cm³/mol. The Balaban J connectivity index is 1.61. The predicted octanol–water partition coefficient (Wildman–Crippen LogP) is 3.32. The molecule has 2 aromatic rings. The molecule has 2 amide bonds. The van der Waals surface area contributed by atoms with Gasteiger partial charge in [-0.2, -0.15) is 18.3 Å². The lowest BCUT2D eigenvalue weighted by molar-refractivity contribution is -0.142. The molecule has 0 aliphatic heterocycles. The number of halogens is 3. The summed E-state index contributed by atoms with van der Waals surface area (Å²) in [6.07, 6.45) is -0.965. The highest BCUT2D eigenvalue weighted by Gasteiger charge is 2.35. The van der Waals surface area contributed by atoms with E-state index in [-0.39, 0.29) is 23.9 Å². The maximum absolute atomic E-state index is 12.9. The zero-order chi connectivity index (χ0) is 18.7. The van der Waals surface area contributed by atoms with Crippen LogP contribution in [-0.2, 0) is 6.18 Å². The van der Waals surface area contributed by atoms with Crippen molar-refractivity contribution >= 4 is 11.7 Å².